The van der Waals surface area contributed by atoms with E-state index in [1.165, 1.54) is 24.4 Å². The Labute approximate surface area is 160 Å². The largest absolute Gasteiger partial charge is 0.280 e. The maximum Gasteiger partial charge on any atom is 0.280 e. The maximum absolute atomic E-state index is 12.5. The number of hydrogen-bond donors (Lipinski definition) is 1. The molecule has 3 heterocycles. The summed E-state index contributed by atoms with van der Waals surface area (Å²) in [7, 11) is -3.78. The van der Waals surface area contributed by atoms with Crippen LogP contribution in [0.4, 0.5) is 0 Å². The molecule has 0 saturated heterocycles. The molecule has 0 spiro atoms. The summed E-state index contributed by atoms with van der Waals surface area (Å²) in [6.07, 6.45) is 4.81. The summed E-state index contributed by atoms with van der Waals surface area (Å²) in [4.78, 5) is 29.5. The molecule has 28 heavy (non-hydrogen) atoms. The summed E-state index contributed by atoms with van der Waals surface area (Å²) >= 11 is 0. The summed E-state index contributed by atoms with van der Waals surface area (Å²) in [5, 5.41) is 4.08. The molecule has 0 atom stereocenters. The molecular formula is C18H15N5O4S. The lowest BCUT2D eigenvalue weighted by Gasteiger charge is -2.14. The fourth-order valence-electron chi connectivity index (χ4n) is 2.89. The molecular weight excluding hydrogens is 382 g/mol. The van der Waals surface area contributed by atoms with Gasteiger partial charge in [-0.05, 0) is 42.5 Å². The zero-order chi connectivity index (χ0) is 19.7. The van der Waals surface area contributed by atoms with E-state index in [0.717, 1.165) is 10.6 Å². The first kappa shape index (κ1) is 18.0. The Morgan fingerprint density at radius 3 is 2.43 bits per heavy atom. The molecule has 9 nitrogen and oxygen atoms in total. The molecule has 4 rings (SSSR count). The van der Waals surface area contributed by atoms with Crippen LogP contribution in [0.3, 0.4) is 0 Å². The van der Waals surface area contributed by atoms with E-state index in [2.05, 4.69) is 14.8 Å². The van der Waals surface area contributed by atoms with Gasteiger partial charge in [0.25, 0.3) is 11.8 Å². The lowest BCUT2D eigenvalue weighted by molar-refractivity contribution is 0.0655. The number of carbonyl (C=O) groups excluding carboxylic acids is 2. The Hall–Kier alpha value is -3.37. The monoisotopic (exact) mass is 397 g/mol. The highest BCUT2D eigenvalue weighted by molar-refractivity contribution is 7.89. The molecule has 0 saturated carbocycles. The van der Waals surface area contributed by atoms with Crippen molar-refractivity contribution in [1.82, 2.24) is 24.4 Å². The fourth-order valence-corrected chi connectivity index (χ4v) is 3.91. The number of hydrogen-bond acceptors (Lipinski definition) is 6. The molecule has 1 aliphatic rings. The molecule has 2 amide bonds. The molecule has 0 aliphatic carbocycles. The van der Waals surface area contributed by atoms with Gasteiger partial charge in [-0.25, -0.2) is 17.8 Å². The zero-order valence-corrected chi connectivity index (χ0v) is 15.3. The van der Waals surface area contributed by atoms with Crippen molar-refractivity contribution in [2.45, 2.75) is 4.90 Å². The van der Waals surface area contributed by atoms with Crippen LogP contribution in [-0.4, -0.2) is 53.0 Å². The molecule has 142 valence electrons. The molecule has 0 bridgehead atoms. The summed E-state index contributed by atoms with van der Waals surface area (Å²) in [5.41, 5.74) is 1.04. The molecule has 1 N–H and O–H groups in total. The topological polar surface area (TPSA) is 114 Å². The van der Waals surface area contributed by atoms with Gasteiger partial charge >= 0.3 is 0 Å². The lowest BCUT2D eigenvalue weighted by Crippen LogP contribution is -2.38. The summed E-state index contributed by atoms with van der Waals surface area (Å²) in [6, 6.07) is 11.1. The second-order valence-electron chi connectivity index (χ2n) is 6.00. The third kappa shape index (κ3) is 3.19. The van der Waals surface area contributed by atoms with Crippen LogP contribution in [0.15, 0.2) is 66.0 Å². The molecule has 0 radical (unpaired) electrons. The average Bonchev–Trinajstić information content (AvgIpc) is 3.32. The Morgan fingerprint density at radius 2 is 1.75 bits per heavy atom. The van der Waals surface area contributed by atoms with Gasteiger partial charge in [-0.3, -0.25) is 19.5 Å². The second kappa shape index (κ2) is 6.98. The van der Waals surface area contributed by atoms with E-state index in [9.17, 15) is 18.0 Å². The first-order valence-corrected chi connectivity index (χ1v) is 9.87. The van der Waals surface area contributed by atoms with Crippen LogP contribution in [-0.2, 0) is 10.0 Å². The predicted molar refractivity (Wildman–Crippen MR) is 98.4 cm³/mol. The third-order valence-corrected chi connectivity index (χ3v) is 5.75. The average molecular weight is 397 g/mol. The number of sulfonamides is 1. The van der Waals surface area contributed by atoms with Crippen molar-refractivity contribution in [1.29, 1.82) is 0 Å². The van der Waals surface area contributed by atoms with Crippen LogP contribution in [0, 0.1) is 0 Å². The van der Waals surface area contributed by atoms with Gasteiger partial charge in [0.1, 0.15) is 5.69 Å². The van der Waals surface area contributed by atoms with Crippen LogP contribution < -0.4 is 4.72 Å². The van der Waals surface area contributed by atoms with Crippen LogP contribution in [0.25, 0.3) is 5.69 Å². The molecule has 0 unspecified atom stereocenters. The van der Waals surface area contributed by atoms with E-state index >= 15 is 0 Å². The highest BCUT2D eigenvalue weighted by atomic mass is 32.2. The third-order valence-electron chi connectivity index (χ3n) is 4.27. The molecule has 10 heteroatoms. The van der Waals surface area contributed by atoms with Gasteiger partial charge in [-0.1, -0.05) is 0 Å². The van der Waals surface area contributed by atoms with E-state index < -0.39 is 21.8 Å². The van der Waals surface area contributed by atoms with Gasteiger partial charge in [0.05, 0.1) is 16.1 Å². The van der Waals surface area contributed by atoms with Gasteiger partial charge in [-0.15, -0.1) is 0 Å². The maximum atomic E-state index is 12.5. The summed E-state index contributed by atoms with van der Waals surface area (Å²) in [5.74, 6) is -1.00. The second-order valence-corrected chi connectivity index (χ2v) is 7.77. The molecule has 2 aromatic heterocycles. The Kier molecular flexibility index (Phi) is 4.49. The number of rotatable bonds is 6. The first-order valence-electron chi connectivity index (χ1n) is 8.38. The number of benzene rings is 1. The number of nitrogens with zero attached hydrogens (tertiary/aromatic N) is 4. The highest BCUT2D eigenvalue weighted by Crippen LogP contribution is 2.20. The van der Waals surface area contributed by atoms with Crippen LogP contribution >= 0.6 is 0 Å². The number of nitrogens with one attached hydrogen (secondary N) is 1. The van der Waals surface area contributed by atoms with Gasteiger partial charge in [0.2, 0.25) is 10.0 Å². The first-order chi connectivity index (χ1) is 13.5. The Balaban J connectivity index is 1.41. The number of aromatic nitrogens is 3. The van der Waals surface area contributed by atoms with E-state index in [4.69, 9.17) is 0 Å². The van der Waals surface area contributed by atoms with Crippen molar-refractivity contribution in [3.05, 3.63) is 72.3 Å². The van der Waals surface area contributed by atoms with Gasteiger partial charge in [-0.2, -0.15) is 5.10 Å². The zero-order valence-electron chi connectivity index (χ0n) is 14.5. The standard InChI is InChI=1S/C18H15N5O4S/c24-17-15-3-1-8-19-16(15)18(25)22(17)12-10-21-28(26,27)14-6-4-13(5-7-14)23-11-2-9-20-23/h1-9,11,21H,10,12H2. The molecule has 3 aromatic rings. The summed E-state index contributed by atoms with van der Waals surface area (Å²) in [6.45, 7) is -0.187. The number of amides is 2. The quantitative estimate of drug-likeness (QED) is 0.617. The van der Waals surface area contributed by atoms with Gasteiger partial charge in [0.15, 0.2) is 0 Å². The van der Waals surface area contributed by atoms with Crippen LogP contribution in [0.1, 0.15) is 20.8 Å². The van der Waals surface area contributed by atoms with Crippen molar-refractivity contribution >= 4 is 21.8 Å². The van der Waals surface area contributed by atoms with E-state index in [1.54, 1.807) is 41.3 Å². The van der Waals surface area contributed by atoms with Crippen LogP contribution in [0.2, 0.25) is 0 Å². The number of pyridine rings is 1. The van der Waals surface area contributed by atoms with E-state index in [-0.39, 0.29) is 29.2 Å². The summed E-state index contributed by atoms with van der Waals surface area (Å²) < 4.78 is 28.9. The van der Waals surface area contributed by atoms with E-state index in [0.29, 0.717) is 0 Å². The van der Waals surface area contributed by atoms with Crippen molar-refractivity contribution < 1.29 is 18.0 Å². The van der Waals surface area contributed by atoms with E-state index in [1.807, 2.05) is 0 Å². The van der Waals surface area contributed by atoms with Crippen molar-refractivity contribution in [2.75, 3.05) is 13.1 Å². The van der Waals surface area contributed by atoms with Crippen molar-refractivity contribution in [2.24, 2.45) is 0 Å². The number of imide groups is 1. The van der Waals surface area contributed by atoms with Crippen molar-refractivity contribution in [3.8, 4) is 5.69 Å². The lowest BCUT2D eigenvalue weighted by atomic mass is 10.2. The van der Waals surface area contributed by atoms with Gasteiger partial charge in [0, 0.05) is 31.7 Å². The Morgan fingerprint density at radius 1 is 0.964 bits per heavy atom. The smallest absolute Gasteiger partial charge is 0.272 e. The normalized spacial score (nSPS) is 13.8. The fraction of sp³-hybridized carbons (Fsp3) is 0.111. The molecule has 1 aromatic carbocycles. The van der Waals surface area contributed by atoms with Gasteiger partial charge < -0.3 is 0 Å². The number of fused-ring (bicyclic) bond motifs is 1. The van der Waals surface area contributed by atoms with Crippen LogP contribution in [0.5, 0.6) is 0 Å². The SMILES string of the molecule is O=C1c2cccnc2C(=O)N1CCNS(=O)(=O)c1ccc(-n2cccn2)cc1. The molecule has 0 fully saturated rings. The highest BCUT2D eigenvalue weighted by Gasteiger charge is 2.36. The minimum atomic E-state index is -3.78. The Bertz CT molecular complexity index is 1110. The minimum Gasteiger partial charge on any atom is -0.272 e. The predicted octanol–water partition coefficient (Wildman–Crippen LogP) is 0.842. The van der Waals surface area contributed by atoms with Crippen molar-refractivity contribution in [3.63, 3.8) is 0 Å². The number of carbonyl (C=O) groups is 2. The molecule has 1 aliphatic heterocycles. The minimum absolute atomic E-state index is 0.0763.